The fourth-order valence-corrected chi connectivity index (χ4v) is 2.32. The Hall–Kier alpha value is -3.02. The van der Waals surface area contributed by atoms with Crippen LogP contribution in [0.4, 0.5) is 11.4 Å². The molecule has 0 aliphatic rings. The number of carbonyl (C=O) groups excluding carboxylic acids is 2. The Morgan fingerprint density at radius 1 is 0.692 bits per heavy atom. The molecule has 0 spiro atoms. The molecule has 0 bridgehead atoms. The van der Waals surface area contributed by atoms with Crippen LogP contribution in [0.3, 0.4) is 0 Å². The molecule has 2 aromatic rings. The van der Waals surface area contributed by atoms with Gasteiger partial charge in [-0.2, -0.15) is 0 Å². The summed E-state index contributed by atoms with van der Waals surface area (Å²) in [5, 5.41) is 0. The van der Waals surface area contributed by atoms with Crippen LogP contribution in [0.25, 0.3) is 0 Å². The lowest BCUT2D eigenvalue weighted by Crippen LogP contribution is -2.44. The molecule has 6 nitrogen and oxygen atoms in total. The van der Waals surface area contributed by atoms with E-state index in [0.29, 0.717) is 11.8 Å². The van der Waals surface area contributed by atoms with Crippen molar-refractivity contribution in [2.24, 2.45) is 0 Å². The van der Waals surface area contributed by atoms with Crippen molar-refractivity contribution in [2.45, 2.75) is 39.5 Å². The first kappa shape index (κ1) is 19.3. The third-order valence-corrected chi connectivity index (χ3v) is 3.95. The summed E-state index contributed by atoms with van der Waals surface area (Å²) >= 11 is 0. The van der Waals surface area contributed by atoms with E-state index in [1.54, 1.807) is 0 Å². The van der Waals surface area contributed by atoms with Gasteiger partial charge >= 0.3 is 11.8 Å². The smallest absolute Gasteiger partial charge is 0.298 e. The number of anilines is 2. The van der Waals surface area contributed by atoms with E-state index in [1.165, 1.54) is 0 Å². The molecule has 0 aliphatic carbocycles. The lowest BCUT2D eigenvalue weighted by Gasteiger charge is -2.13. The molecule has 0 atom stereocenters. The van der Waals surface area contributed by atoms with E-state index < -0.39 is 11.8 Å². The van der Waals surface area contributed by atoms with E-state index in [1.807, 2.05) is 48.5 Å². The molecule has 0 aromatic heterocycles. The highest BCUT2D eigenvalue weighted by molar-refractivity contribution is 6.35. The number of carbonyl (C=O) groups is 2. The third kappa shape index (κ3) is 5.51. The largest absolute Gasteiger partial charge is 0.329 e. The van der Waals surface area contributed by atoms with Crippen LogP contribution in [0.1, 0.15) is 50.7 Å². The van der Waals surface area contributed by atoms with Crippen LogP contribution in [-0.2, 0) is 9.59 Å². The van der Waals surface area contributed by atoms with Gasteiger partial charge in [0, 0.05) is 0 Å². The van der Waals surface area contributed by atoms with Crippen molar-refractivity contribution in [3.63, 3.8) is 0 Å². The lowest BCUT2D eigenvalue weighted by molar-refractivity contribution is -0.138. The highest BCUT2D eigenvalue weighted by atomic mass is 16.2. The molecule has 0 radical (unpaired) electrons. The zero-order chi connectivity index (χ0) is 19.1. The fraction of sp³-hybridized carbons (Fsp3) is 0.300. The molecule has 2 amide bonds. The van der Waals surface area contributed by atoms with Gasteiger partial charge < -0.3 is 0 Å². The predicted molar refractivity (Wildman–Crippen MR) is 105 cm³/mol. The van der Waals surface area contributed by atoms with E-state index in [2.05, 4.69) is 49.4 Å². The van der Waals surface area contributed by atoms with Crippen LogP contribution in [-0.4, -0.2) is 11.8 Å². The lowest BCUT2D eigenvalue weighted by atomic mass is 10.0. The highest BCUT2D eigenvalue weighted by Gasteiger charge is 2.13. The molecular formula is C20H26N4O2. The molecule has 4 N–H and O–H groups in total. The van der Waals surface area contributed by atoms with E-state index in [9.17, 15) is 9.59 Å². The van der Waals surface area contributed by atoms with E-state index >= 15 is 0 Å². The second-order valence-corrected chi connectivity index (χ2v) is 6.72. The number of amides is 2. The molecule has 2 rings (SSSR count). The van der Waals surface area contributed by atoms with Crippen molar-refractivity contribution in [2.75, 3.05) is 10.9 Å². The van der Waals surface area contributed by atoms with Crippen molar-refractivity contribution in [3.8, 4) is 0 Å². The third-order valence-electron chi connectivity index (χ3n) is 3.95. The van der Waals surface area contributed by atoms with Crippen LogP contribution < -0.4 is 21.7 Å². The topological polar surface area (TPSA) is 82.3 Å². The van der Waals surface area contributed by atoms with Gasteiger partial charge in [-0.3, -0.25) is 31.3 Å². The Labute approximate surface area is 154 Å². The van der Waals surface area contributed by atoms with Crippen molar-refractivity contribution in [1.82, 2.24) is 10.9 Å². The summed E-state index contributed by atoms with van der Waals surface area (Å²) < 4.78 is 0. The first-order valence-corrected chi connectivity index (χ1v) is 8.69. The summed E-state index contributed by atoms with van der Waals surface area (Å²) in [5.41, 5.74) is 14.0. The molecular weight excluding hydrogens is 328 g/mol. The zero-order valence-corrected chi connectivity index (χ0v) is 15.6. The summed E-state index contributed by atoms with van der Waals surface area (Å²) in [6.07, 6.45) is 0. The van der Waals surface area contributed by atoms with E-state index in [4.69, 9.17) is 0 Å². The summed E-state index contributed by atoms with van der Waals surface area (Å²) in [5.74, 6) is -0.817. The standard InChI is InChI=1S/C20H26N4O2/c1-13(2)15-7-5-9-17(11-15)21-23-19(25)20(26)24-22-18-10-6-8-16(12-18)14(3)4/h5-14,21-22H,1-4H3,(H,23,25)(H,24,26). The average molecular weight is 354 g/mol. The van der Waals surface area contributed by atoms with Gasteiger partial charge in [-0.15, -0.1) is 0 Å². The van der Waals surface area contributed by atoms with Crippen LogP contribution in [0.5, 0.6) is 0 Å². The van der Waals surface area contributed by atoms with Crippen LogP contribution in [0, 0.1) is 0 Å². The van der Waals surface area contributed by atoms with Crippen LogP contribution >= 0.6 is 0 Å². The molecule has 0 saturated carbocycles. The first-order valence-electron chi connectivity index (χ1n) is 8.69. The maximum Gasteiger partial charge on any atom is 0.329 e. The Morgan fingerprint density at radius 2 is 1.08 bits per heavy atom. The number of hydrazine groups is 2. The Morgan fingerprint density at radius 3 is 1.42 bits per heavy atom. The molecule has 26 heavy (non-hydrogen) atoms. The number of hydrogen-bond donors (Lipinski definition) is 4. The minimum Gasteiger partial charge on any atom is -0.298 e. The molecule has 6 heteroatoms. The maximum atomic E-state index is 11.9. The minimum absolute atomic E-state index is 0.376. The van der Waals surface area contributed by atoms with Crippen molar-refractivity contribution in [3.05, 3.63) is 59.7 Å². The monoisotopic (exact) mass is 354 g/mol. The van der Waals surface area contributed by atoms with E-state index in [-0.39, 0.29) is 0 Å². The molecule has 0 heterocycles. The molecule has 138 valence electrons. The maximum absolute atomic E-state index is 11.9. The molecule has 0 fully saturated rings. The van der Waals surface area contributed by atoms with E-state index in [0.717, 1.165) is 22.5 Å². The normalized spacial score (nSPS) is 10.5. The second-order valence-electron chi connectivity index (χ2n) is 6.72. The van der Waals surface area contributed by atoms with Gasteiger partial charge in [0.05, 0.1) is 11.4 Å². The van der Waals surface area contributed by atoms with Crippen molar-refractivity contribution >= 4 is 23.2 Å². The molecule has 2 aromatic carbocycles. The summed E-state index contributed by atoms with van der Waals surface area (Å²) in [4.78, 5) is 23.8. The SMILES string of the molecule is CC(C)c1cccc(NNC(=O)C(=O)NNc2cccc(C(C)C)c2)c1. The van der Waals surface area contributed by atoms with Gasteiger partial charge in [0.1, 0.15) is 0 Å². The first-order chi connectivity index (χ1) is 12.4. The van der Waals surface area contributed by atoms with Crippen LogP contribution in [0.2, 0.25) is 0 Å². The van der Waals surface area contributed by atoms with Gasteiger partial charge in [0.15, 0.2) is 0 Å². The second kappa shape index (κ2) is 8.89. The number of nitrogens with one attached hydrogen (secondary N) is 4. The van der Waals surface area contributed by atoms with Gasteiger partial charge in [-0.05, 0) is 47.2 Å². The summed E-state index contributed by atoms with van der Waals surface area (Å²) in [6.45, 7) is 8.35. The van der Waals surface area contributed by atoms with Gasteiger partial charge in [0.25, 0.3) is 0 Å². The highest BCUT2D eigenvalue weighted by Crippen LogP contribution is 2.18. The van der Waals surface area contributed by atoms with Crippen molar-refractivity contribution in [1.29, 1.82) is 0 Å². The van der Waals surface area contributed by atoms with Gasteiger partial charge in [-0.25, -0.2) is 0 Å². The van der Waals surface area contributed by atoms with Crippen LogP contribution in [0.15, 0.2) is 48.5 Å². The predicted octanol–water partition coefficient (Wildman–Crippen LogP) is 3.52. The molecule has 0 saturated heterocycles. The minimum atomic E-state index is -0.785. The summed E-state index contributed by atoms with van der Waals surface area (Å²) in [7, 11) is 0. The number of benzene rings is 2. The quantitative estimate of drug-likeness (QED) is 0.472. The van der Waals surface area contributed by atoms with Crippen molar-refractivity contribution < 1.29 is 9.59 Å². The Kier molecular flexibility index (Phi) is 6.60. The van der Waals surface area contributed by atoms with Gasteiger partial charge in [0.2, 0.25) is 0 Å². The Balaban J connectivity index is 1.85. The zero-order valence-electron chi connectivity index (χ0n) is 15.6. The van der Waals surface area contributed by atoms with Gasteiger partial charge in [-0.1, -0.05) is 52.0 Å². The number of rotatable bonds is 6. The number of hydrogen-bond acceptors (Lipinski definition) is 4. The average Bonchev–Trinajstić information content (AvgIpc) is 2.64. The fourth-order valence-electron chi connectivity index (χ4n) is 2.32. The molecule has 0 aliphatic heterocycles. The Bertz CT molecular complexity index is 706. The molecule has 0 unspecified atom stereocenters. The summed E-state index contributed by atoms with van der Waals surface area (Å²) in [6, 6.07) is 15.3.